The molecule has 0 saturated carbocycles. The highest BCUT2D eigenvalue weighted by atomic mass is 35.5. The third kappa shape index (κ3) is 4.54. The number of hydrogen-bond donors (Lipinski definition) is 1. The highest BCUT2D eigenvalue weighted by Crippen LogP contribution is 2.24. The molecule has 148 valence electrons. The van der Waals surface area contributed by atoms with E-state index in [0.717, 1.165) is 32.5 Å². The molecule has 1 saturated heterocycles. The molecule has 2 aromatic rings. The monoisotopic (exact) mass is 412 g/mol. The first-order chi connectivity index (χ1) is 12.2. The summed E-state index contributed by atoms with van der Waals surface area (Å²) in [5.74, 6) is -0.0368. The molecule has 1 aromatic heterocycles. The van der Waals surface area contributed by atoms with Gasteiger partial charge < -0.3 is 15.1 Å². The Morgan fingerprint density at radius 3 is 2.67 bits per heavy atom. The number of likely N-dealkylation sites (N-methyl/N-ethyl adjacent to an activating group) is 1. The molecule has 27 heavy (non-hydrogen) atoms. The van der Waals surface area contributed by atoms with Crippen LogP contribution in [0.2, 0.25) is 0 Å². The summed E-state index contributed by atoms with van der Waals surface area (Å²) in [6, 6.07) is 8.59. The number of nitrogens with zero attached hydrogens (tertiary/aromatic N) is 5. The van der Waals surface area contributed by atoms with Gasteiger partial charge in [-0.1, -0.05) is 23.4 Å². The molecule has 2 aliphatic rings. The number of anilines is 1. The minimum atomic E-state index is -0.0368. The molecule has 0 aliphatic carbocycles. The van der Waals surface area contributed by atoms with Gasteiger partial charge in [-0.15, -0.1) is 29.9 Å². The van der Waals surface area contributed by atoms with Gasteiger partial charge in [-0.05, 0) is 37.6 Å². The number of carbonyl (C=O) groups excluding carboxylic acids is 1. The van der Waals surface area contributed by atoms with Crippen molar-refractivity contribution in [3.05, 3.63) is 41.7 Å². The van der Waals surface area contributed by atoms with Crippen LogP contribution in [0.15, 0.2) is 30.5 Å². The lowest BCUT2D eigenvalue weighted by Gasteiger charge is -2.22. The van der Waals surface area contributed by atoms with Gasteiger partial charge in [-0.3, -0.25) is 4.79 Å². The second-order valence-corrected chi connectivity index (χ2v) is 6.84. The molecule has 0 unspecified atom stereocenters. The lowest BCUT2D eigenvalue weighted by atomic mass is 10.1. The smallest absolute Gasteiger partial charge is 0.276 e. The second kappa shape index (κ2) is 9.39. The van der Waals surface area contributed by atoms with Crippen LogP contribution in [0.5, 0.6) is 0 Å². The zero-order valence-corrected chi connectivity index (χ0v) is 17.0. The van der Waals surface area contributed by atoms with Gasteiger partial charge >= 0.3 is 0 Å². The van der Waals surface area contributed by atoms with E-state index in [1.54, 1.807) is 0 Å². The maximum absolute atomic E-state index is 12.9. The molecule has 4 rings (SSSR count). The Kier molecular flexibility index (Phi) is 7.47. The number of benzene rings is 1. The minimum Gasteiger partial charge on any atom is -0.373 e. The summed E-state index contributed by atoms with van der Waals surface area (Å²) in [6.07, 6.45) is 3.87. The van der Waals surface area contributed by atoms with Crippen molar-refractivity contribution in [2.45, 2.75) is 25.4 Å². The fourth-order valence-corrected chi connectivity index (χ4v) is 3.65. The molecule has 3 heterocycles. The van der Waals surface area contributed by atoms with Gasteiger partial charge in [0.1, 0.15) is 0 Å². The van der Waals surface area contributed by atoms with Crippen molar-refractivity contribution < 1.29 is 4.79 Å². The maximum atomic E-state index is 12.9. The van der Waals surface area contributed by atoms with Crippen molar-refractivity contribution in [2.75, 3.05) is 38.1 Å². The highest BCUT2D eigenvalue weighted by Gasteiger charge is 2.25. The van der Waals surface area contributed by atoms with Gasteiger partial charge in [0, 0.05) is 32.4 Å². The maximum Gasteiger partial charge on any atom is 0.276 e. The Morgan fingerprint density at radius 1 is 1.15 bits per heavy atom. The van der Waals surface area contributed by atoms with Gasteiger partial charge in [0.15, 0.2) is 5.69 Å². The van der Waals surface area contributed by atoms with Gasteiger partial charge in [0.05, 0.1) is 12.2 Å². The first-order valence-electron chi connectivity index (χ1n) is 8.93. The Bertz CT molecular complexity index is 762. The van der Waals surface area contributed by atoms with E-state index in [1.807, 2.05) is 27.9 Å². The topological polar surface area (TPSA) is 66.3 Å². The van der Waals surface area contributed by atoms with E-state index >= 15 is 0 Å². The van der Waals surface area contributed by atoms with Gasteiger partial charge in [0.25, 0.3) is 5.91 Å². The highest BCUT2D eigenvalue weighted by molar-refractivity contribution is 5.92. The lowest BCUT2D eigenvalue weighted by molar-refractivity contribution is 0.0745. The lowest BCUT2D eigenvalue weighted by Crippen LogP contribution is -2.34. The van der Waals surface area contributed by atoms with E-state index in [4.69, 9.17) is 0 Å². The third-order valence-electron chi connectivity index (χ3n) is 5.17. The molecule has 1 fully saturated rings. The van der Waals surface area contributed by atoms with Crippen LogP contribution in [-0.4, -0.2) is 59.0 Å². The standard InChI is InChI=1S/C18H24N6O.2ClH/c1-22-10-11-23(12-14-4-2-3-5-17(14)22)18(25)16-13-24(21-20-16)15-6-8-19-9-7-15;;/h2-5,13,15,19H,6-12H2,1H3;2*1H. The van der Waals surface area contributed by atoms with Crippen molar-refractivity contribution in [3.63, 3.8) is 0 Å². The zero-order valence-electron chi connectivity index (χ0n) is 15.4. The fraction of sp³-hybridized carbons (Fsp3) is 0.500. The van der Waals surface area contributed by atoms with Crippen LogP contribution in [0.4, 0.5) is 5.69 Å². The van der Waals surface area contributed by atoms with Crippen LogP contribution in [0, 0.1) is 0 Å². The Hall–Kier alpha value is -1.83. The quantitative estimate of drug-likeness (QED) is 0.818. The summed E-state index contributed by atoms with van der Waals surface area (Å²) in [7, 11) is 2.07. The third-order valence-corrected chi connectivity index (χ3v) is 5.17. The Balaban J connectivity index is 0.00000131. The number of carbonyl (C=O) groups is 1. The SMILES string of the molecule is CN1CCN(C(=O)c2cn(C3CCNCC3)nn2)Cc2ccccc21.Cl.Cl. The van der Waals surface area contributed by atoms with Crippen LogP contribution in [0.1, 0.15) is 34.9 Å². The number of aromatic nitrogens is 3. The van der Waals surface area contributed by atoms with Crippen LogP contribution in [0.25, 0.3) is 0 Å². The van der Waals surface area contributed by atoms with E-state index in [9.17, 15) is 4.79 Å². The minimum absolute atomic E-state index is 0. The predicted molar refractivity (Wildman–Crippen MR) is 110 cm³/mol. The molecule has 0 atom stereocenters. The molecule has 0 radical (unpaired) electrons. The van der Waals surface area contributed by atoms with E-state index < -0.39 is 0 Å². The van der Waals surface area contributed by atoms with E-state index in [2.05, 4.69) is 39.7 Å². The number of halogens is 2. The molecule has 1 aromatic carbocycles. The summed E-state index contributed by atoms with van der Waals surface area (Å²) < 4.78 is 1.87. The largest absolute Gasteiger partial charge is 0.373 e. The first-order valence-corrected chi connectivity index (χ1v) is 8.93. The molecule has 9 heteroatoms. The molecule has 1 N–H and O–H groups in total. The molecular formula is C18H26Cl2N6O. The number of hydrogen-bond acceptors (Lipinski definition) is 5. The summed E-state index contributed by atoms with van der Waals surface area (Å²) in [6.45, 7) is 4.08. The summed E-state index contributed by atoms with van der Waals surface area (Å²) >= 11 is 0. The molecule has 0 spiro atoms. The number of para-hydroxylation sites is 1. The van der Waals surface area contributed by atoms with Gasteiger partial charge in [0.2, 0.25) is 0 Å². The van der Waals surface area contributed by atoms with Crippen molar-refractivity contribution >= 4 is 36.4 Å². The van der Waals surface area contributed by atoms with Crippen molar-refractivity contribution in [3.8, 4) is 0 Å². The Labute approximate surface area is 171 Å². The normalized spacial score (nSPS) is 17.4. The van der Waals surface area contributed by atoms with Crippen LogP contribution < -0.4 is 10.2 Å². The first kappa shape index (κ1) is 21.5. The number of fused-ring (bicyclic) bond motifs is 1. The number of piperidine rings is 1. The number of nitrogens with one attached hydrogen (secondary N) is 1. The summed E-state index contributed by atoms with van der Waals surface area (Å²) in [5, 5.41) is 11.7. The van der Waals surface area contributed by atoms with Crippen molar-refractivity contribution in [1.82, 2.24) is 25.2 Å². The van der Waals surface area contributed by atoms with Crippen LogP contribution in [-0.2, 0) is 6.54 Å². The molecule has 7 nitrogen and oxygen atoms in total. The number of rotatable bonds is 2. The van der Waals surface area contributed by atoms with E-state index in [0.29, 0.717) is 24.8 Å². The van der Waals surface area contributed by atoms with Crippen LogP contribution >= 0.6 is 24.8 Å². The molecule has 0 bridgehead atoms. The summed E-state index contributed by atoms with van der Waals surface area (Å²) in [4.78, 5) is 17.0. The summed E-state index contributed by atoms with van der Waals surface area (Å²) in [5.41, 5.74) is 2.80. The van der Waals surface area contributed by atoms with Gasteiger partial charge in [-0.2, -0.15) is 0 Å². The number of amides is 1. The predicted octanol–water partition coefficient (Wildman–Crippen LogP) is 2.14. The van der Waals surface area contributed by atoms with Crippen molar-refractivity contribution in [2.24, 2.45) is 0 Å². The zero-order chi connectivity index (χ0) is 17.2. The molecule has 1 amide bonds. The van der Waals surface area contributed by atoms with E-state index in [-0.39, 0.29) is 30.7 Å². The molecular weight excluding hydrogens is 387 g/mol. The van der Waals surface area contributed by atoms with Gasteiger partial charge in [-0.25, -0.2) is 4.68 Å². The second-order valence-electron chi connectivity index (χ2n) is 6.84. The average molecular weight is 413 g/mol. The fourth-order valence-electron chi connectivity index (χ4n) is 3.65. The van der Waals surface area contributed by atoms with E-state index in [1.165, 1.54) is 11.3 Å². The average Bonchev–Trinajstić information content (AvgIpc) is 3.09. The van der Waals surface area contributed by atoms with Crippen LogP contribution in [0.3, 0.4) is 0 Å². The van der Waals surface area contributed by atoms with Crippen molar-refractivity contribution in [1.29, 1.82) is 0 Å². The Morgan fingerprint density at radius 2 is 1.89 bits per heavy atom. The molecule has 2 aliphatic heterocycles.